The quantitative estimate of drug-likeness (QED) is 0.00674. The molecule has 2 N–H and O–H groups in total. The van der Waals surface area contributed by atoms with Crippen molar-refractivity contribution < 1.29 is 312 Å². The van der Waals surface area contributed by atoms with Gasteiger partial charge in [-0.2, -0.15) is 0 Å². The summed E-state index contributed by atoms with van der Waals surface area (Å²) in [7, 11) is 0. The maximum Gasteiger partial charge on any atom is 1.00 e. The van der Waals surface area contributed by atoms with Crippen molar-refractivity contribution >= 4 is 223 Å². The van der Waals surface area contributed by atoms with Crippen LogP contribution in [0.3, 0.4) is 0 Å². The minimum atomic E-state index is -1.62. The van der Waals surface area contributed by atoms with Crippen LogP contribution in [0.15, 0.2) is 259 Å². The topological polar surface area (TPSA) is 300 Å². The fraction of sp³-hybridized carbons (Fsp3) is 0.188. The molecule has 1 unspecified atom stereocenters. The van der Waals surface area contributed by atoms with Gasteiger partial charge in [0.15, 0.2) is 23.6 Å². The molecule has 0 aliphatic carbocycles. The Kier molecular flexibility index (Phi) is 93.5. The SMILES string of the molecule is Br/C=C/Br.C.CC(=O)c1ccc(O)cc1.CC(=O)c1ccc(OCCBr)cc1.Fc1ccc(NCCc2cccc(OCc3ccccc3)c2)cc1.II.II.O=C(c1ccc(OCCBr)cc1)C1c2ccc(OCc3ccccc3)cc2CCN1c1ccc(F)cc1.O=CC(=O)c1ccc(OCCBr)cc1.O=CO[O-].O=CO[O-].O=[Se]=O.[3H]F.[H-].[H-].[K+].[K+].[K+].[K+]. The smallest absolute Gasteiger partial charge is 1.00 e. The molecular formula is C85H86Br5F3I4K4N2O19Se. The number of phenolic OH excluding ortho intramolecular Hbond substituents is 1. The summed E-state index contributed by atoms with van der Waals surface area (Å²) in [6, 6.07) is 73.5. The Hall–Kier alpha value is -0.675. The molecule has 11 rings (SSSR count). The van der Waals surface area contributed by atoms with Crippen LogP contribution in [-0.4, -0.2) is 113 Å². The molecule has 0 spiro atoms. The minimum absolute atomic E-state index is 0. The van der Waals surface area contributed by atoms with Crippen LogP contribution in [0, 0.1) is 11.6 Å². The molecule has 0 radical (unpaired) electrons. The maximum absolute atomic E-state index is 13.9. The van der Waals surface area contributed by atoms with Gasteiger partial charge in [0, 0.05) is 137 Å². The number of hydrogen-bond acceptors (Lipinski definition) is 21. The monoisotopic (exact) mass is 2640 g/mol. The van der Waals surface area contributed by atoms with Crippen LogP contribution in [0.2, 0.25) is 0 Å². The summed E-state index contributed by atoms with van der Waals surface area (Å²) in [5, 5.41) is 31.3. The third-order valence-electron chi connectivity index (χ3n) is 14.8. The van der Waals surface area contributed by atoms with Crippen molar-refractivity contribution in [3.05, 3.63) is 320 Å². The van der Waals surface area contributed by atoms with Crippen molar-refractivity contribution in [2.45, 2.75) is 53.4 Å². The summed E-state index contributed by atoms with van der Waals surface area (Å²) < 4.78 is 84.6. The van der Waals surface area contributed by atoms with Crippen molar-refractivity contribution in [1.29, 1.82) is 1.45 Å². The molecule has 1 aliphatic heterocycles. The number of aldehydes is 1. The number of rotatable bonds is 28. The molecule has 1 aliphatic rings. The van der Waals surface area contributed by atoms with Gasteiger partial charge in [0.25, 0.3) is 14.4 Å². The van der Waals surface area contributed by atoms with Crippen LogP contribution in [0.25, 0.3) is 0 Å². The molecule has 38 heteroatoms. The number of aromatic hydroxyl groups is 1. The number of fused-ring (bicyclic) bond motifs is 1. The molecule has 0 aromatic heterocycles. The Balaban J connectivity index is -0.000000227. The standard InChI is InChI=1S/C31H27BrFNO3.C21H20FNO.C10H9BrO3.C10H11BrO2.C8H8O2.C2H2Br2.2CH2O3.CH4.FH.2I2.4K.O2Se.2H/c32-17-19-36-27-12-6-23(7-13-27)31(35)30-29-15-14-28(37-21-22-4-2-1-3-5-22)20-24(29)16-18-34(30)26-10-8-25(33)9-11-26;22-19-9-11-20(12-10-19)23-14-13-17-7-4-8-21(15-17)24-16-18-5-2-1-3-6-18;11-5-6-14-9-3-1-8(2-4-9)10(13)7-12;1-8(12)9-2-4-10(5-3-9)13-7-6-11;1-6(9)7-2-4-8(10)5-3-7;3-1-2-4;2*2-1-4-3;;;2*1-2;;;;;1-3-2;;/h1-15,20,30H,16-19,21H2;1-12,15,23H,13-14,16H2;1-4,7H,5-6H2;2-5H,6-7H2,1H3;2-5,10H,1H3;1-2H;2*1,3H;1H4;1H;;;;;;;;;/q;;;;;;;;;;;;4*+1;;2*-1/p-2/b;;;;;2-1+;;;;;;;;;;;;;/i/hT. The molecule has 0 fully saturated rings. The van der Waals surface area contributed by atoms with Gasteiger partial charge < -0.3 is 62.2 Å². The van der Waals surface area contributed by atoms with Gasteiger partial charge in [-0.25, -0.2) is 8.78 Å². The molecule has 0 amide bonds. The number of hydrogen-bond donors (Lipinski definition) is 2. The first-order valence-corrected chi connectivity index (χ1v) is 53.2. The maximum atomic E-state index is 13.9. The van der Waals surface area contributed by atoms with Crippen molar-refractivity contribution in [3.63, 3.8) is 0 Å². The van der Waals surface area contributed by atoms with Gasteiger partial charge in [0.2, 0.25) is 5.78 Å². The second kappa shape index (κ2) is 87.9. The van der Waals surface area contributed by atoms with Crippen molar-refractivity contribution in [3.8, 4) is 34.5 Å². The number of ether oxygens (including phenoxy) is 5. The van der Waals surface area contributed by atoms with E-state index in [2.05, 4.69) is 200 Å². The molecule has 1 atom stereocenters. The Morgan fingerprint density at radius 1 is 0.528 bits per heavy atom. The predicted molar refractivity (Wildman–Crippen MR) is 509 cm³/mol. The van der Waals surface area contributed by atoms with Crippen molar-refractivity contribution in [2.75, 3.05) is 59.1 Å². The summed E-state index contributed by atoms with van der Waals surface area (Å²) in [4.78, 5) is 84.7. The van der Waals surface area contributed by atoms with Crippen LogP contribution in [-0.2, 0) is 57.9 Å². The number of nitrogens with one attached hydrogen (secondary N) is 1. The largest absolute Gasteiger partial charge is 1.00 e. The van der Waals surface area contributed by atoms with Crippen LogP contribution in [0.4, 0.5) is 24.9 Å². The Morgan fingerprint density at radius 2 is 0.894 bits per heavy atom. The zero-order chi connectivity index (χ0) is 88.8. The summed E-state index contributed by atoms with van der Waals surface area (Å²) in [5.41, 5.74) is 9.53. The molecule has 0 saturated heterocycles. The van der Waals surface area contributed by atoms with Gasteiger partial charge in [0.1, 0.15) is 65.4 Å². The summed E-state index contributed by atoms with van der Waals surface area (Å²) in [5.74, 6) is 3.07. The average Bonchev–Trinajstić information content (AvgIpc) is 0.765. The second-order valence-electron chi connectivity index (χ2n) is 22.5. The second-order valence-corrected chi connectivity index (χ2v) is 26.2. The van der Waals surface area contributed by atoms with Gasteiger partial charge in [-0.05, 0) is 234 Å². The number of halogens is 12. The molecular weight excluding hydrogens is 2550 g/mol. The summed E-state index contributed by atoms with van der Waals surface area (Å²) in [6.07, 6.45) is 1.92. The summed E-state index contributed by atoms with van der Waals surface area (Å²) >= 11 is 22.7. The van der Waals surface area contributed by atoms with Crippen LogP contribution < -0.4 is 250 Å². The van der Waals surface area contributed by atoms with Gasteiger partial charge in [-0.15, -0.1) is 0 Å². The molecule has 0 saturated carbocycles. The number of nitrogens with zero attached hydrogens (tertiary/aromatic N) is 1. The molecule has 10 aromatic rings. The summed E-state index contributed by atoms with van der Waals surface area (Å²) in [6.45, 7) is 6.90. The number of phenols is 1. The van der Waals surface area contributed by atoms with Gasteiger partial charge in [0.05, 0.1) is 19.8 Å². The third-order valence-corrected chi connectivity index (χ3v) is 17.0. The van der Waals surface area contributed by atoms with E-state index in [-0.39, 0.29) is 263 Å². The van der Waals surface area contributed by atoms with Gasteiger partial charge in [-0.3, -0.25) is 38.3 Å². The van der Waals surface area contributed by atoms with Crippen LogP contribution in [0.5, 0.6) is 34.5 Å². The first kappa shape index (κ1) is 131. The van der Waals surface area contributed by atoms with Crippen molar-refractivity contribution in [1.82, 2.24) is 0 Å². The van der Waals surface area contributed by atoms with E-state index in [9.17, 15) is 32.8 Å². The van der Waals surface area contributed by atoms with E-state index in [1.165, 1.54) is 48.9 Å². The zero-order valence-electron chi connectivity index (χ0n) is 69.8. The zero-order valence-corrected chi connectivity index (χ0v) is 97.6. The molecule has 0 bridgehead atoms. The Bertz CT molecular complexity index is 4510. The van der Waals surface area contributed by atoms with E-state index < -0.39 is 26.6 Å². The number of anilines is 2. The molecule has 1 heterocycles. The van der Waals surface area contributed by atoms with Gasteiger partial charge >= 0.3 is 228 Å². The minimum Gasteiger partial charge on any atom is -1.00 e. The number of alkyl halides is 3. The molecule has 21 nitrogen and oxygen atoms in total. The number of Topliss-reactive ketones (excluding diaryl/α,β-unsaturated/α-hetero) is 4. The van der Waals surface area contributed by atoms with E-state index in [4.69, 9.17) is 61.3 Å². The van der Waals surface area contributed by atoms with E-state index in [1.807, 2.05) is 91.0 Å². The van der Waals surface area contributed by atoms with E-state index in [1.54, 1.807) is 114 Å². The first-order valence-electron chi connectivity index (χ1n) is 34.5. The first-order chi connectivity index (χ1) is 57.8. The van der Waals surface area contributed by atoms with E-state index in [0.29, 0.717) is 73.9 Å². The fourth-order valence-corrected chi connectivity index (χ4v) is 10.2. The molecule has 123 heavy (non-hydrogen) atoms. The van der Waals surface area contributed by atoms with Crippen molar-refractivity contribution in [2.24, 2.45) is 0 Å². The van der Waals surface area contributed by atoms with E-state index in [0.717, 1.165) is 92.0 Å². The fourth-order valence-electron chi connectivity index (χ4n) is 9.69. The average molecular weight is 2640 g/mol. The number of carbonyl (C=O) groups is 7. The normalized spacial score (nSPS) is 10.2. The van der Waals surface area contributed by atoms with Gasteiger partial charge in [-0.1, -0.05) is 166 Å². The van der Waals surface area contributed by atoms with E-state index >= 15 is 0 Å². The molecule has 644 valence electrons. The number of ketones is 4. The van der Waals surface area contributed by atoms with Crippen LogP contribution >= 0.6 is 154 Å². The number of benzene rings is 10. The molecule has 10 aromatic carbocycles. The van der Waals surface area contributed by atoms with Crippen LogP contribution in [0.1, 0.15) is 99.4 Å². The predicted octanol–water partition coefficient (Wildman–Crippen LogP) is 9.39. The third kappa shape index (κ3) is 61.0. The Morgan fingerprint density at radius 3 is 1.28 bits per heavy atom. The Labute approximate surface area is 985 Å². The number of carbonyl (C=O) groups excluding carboxylic acids is 7.